The van der Waals surface area contributed by atoms with Gasteiger partial charge in [-0.2, -0.15) is 0 Å². The molecule has 2 unspecified atom stereocenters. The summed E-state index contributed by atoms with van der Waals surface area (Å²) in [5.41, 5.74) is 0. The van der Waals surface area contributed by atoms with Crippen LogP contribution in [0.4, 0.5) is 0 Å². The molecule has 0 spiro atoms. The summed E-state index contributed by atoms with van der Waals surface area (Å²) in [5, 5.41) is 11.1. The molecule has 1 heterocycles. The van der Waals surface area contributed by atoms with Gasteiger partial charge < -0.3 is 15.2 Å². The van der Waals surface area contributed by atoms with E-state index in [2.05, 4.69) is 18.3 Å². The Morgan fingerprint density at radius 3 is 2.42 bits per heavy atom. The van der Waals surface area contributed by atoms with E-state index in [-0.39, 0.29) is 19.1 Å². The van der Waals surface area contributed by atoms with E-state index >= 15 is 0 Å². The molecule has 26 heavy (non-hydrogen) atoms. The lowest BCUT2D eigenvalue weighted by Gasteiger charge is -1.98. The number of unbranched alkanes of at least 4 members (excludes halogenated alkanes) is 6. The van der Waals surface area contributed by atoms with E-state index in [1.807, 2.05) is 18.2 Å². The summed E-state index contributed by atoms with van der Waals surface area (Å²) in [7, 11) is 0. The topological polar surface area (TPSA) is 61.9 Å². The van der Waals surface area contributed by atoms with Gasteiger partial charge in [0.2, 0.25) is 5.91 Å². The van der Waals surface area contributed by atoms with Gasteiger partial charge in [0.25, 0.3) is 0 Å². The first-order chi connectivity index (χ1) is 12.8. The quantitative estimate of drug-likeness (QED) is 0.184. The lowest BCUT2D eigenvalue weighted by Crippen LogP contribution is -2.24. The third kappa shape index (κ3) is 12.9. The van der Waals surface area contributed by atoms with E-state index in [0.717, 1.165) is 6.42 Å². The van der Waals surface area contributed by atoms with Gasteiger partial charge in [0.05, 0.1) is 18.8 Å². The molecule has 1 saturated heterocycles. The van der Waals surface area contributed by atoms with E-state index in [1.54, 1.807) is 6.08 Å². The van der Waals surface area contributed by atoms with E-state index < -0.39 is 0 Å². The average molecular weight is 364 g/mol. The minimum Gasteiger partial charge on any atom is -0.395 e. The Labute approximate surface area is 159 Å². The predicted molar refractivity (Wildman–Crippen MR) is 108 cm³/mol. The van der Waals surface area contributed by atoms with Crippen molar-refractivity contribution >= 4 is 5.91 Å². The number of aliphatic hydroxyl groups excluding tert-OH is 1. The standard InChI is InChI=1S/C22H37NO3/c1-2-3-4-5-9-12-15-20-21(26-20)16-13-10-7-6-8-11-14-17-22(25)23-18-19-24/h6-8,11,14,17,20-21,24H,2-5,9-10,12-13,15-16,18-19H2,1H3,(H,23,25). The van der Waals surface area contributed by atoms with E-state index in [9.17, 15) is 4.79 Å². The molecule has 4 nitrogen and oxygen atoms in total. The van der Waals surface area contributed by atoms with Crippen LogP contribution in [-0.4, -0.2) is 36.4 Å². The van der Waals surface area contributed by atoms with Crippen molar-refractivity contribution in [3.8, 4) is 0 Å². The number of allylic oxidation sites excluding steroid dienone is 5. The van der Waals surface area contributed by atoms with Crippen LogP contribution in [0.5, 0.6) is 0 Å². The van der Waals surface area contributed by atoms with Crippen LogP contribution in [0, 0.1) is 0 Å². The SMILES string of the molecule is CCCCCCCCC1OC1CCCC=CC=CC=CC(=O)NCCO. The van der Waals surface area contributed by atoms with Gasteiger partial charge in [-0.05, 0) is 25.7 Å². The maximum Gasteiger partial charge on any atom is 0.244 e. The Balaban J connectivity index is 1.91. The van der Waals surface area contributed by atoms with E-state index in [4.69, 9.17) is 9.84 Å². The first-order valence-corrected chi connectivity index (χ1v) is 10.3. The molecule has 0 aromatic heterocycles. The smallest absolute Gasteiger partial charge is 0.244 e. The molecule has 0 bridgehead atoms. The van der Waals surface area contributed by atoms with Crippen LogP contribution in [0.15, 0.2) is 36.5 Å². The van der Waals surface area contributed by atoms with Crippen molar-refractivity contribution in [2.75, 3.05) is 13.2 Å². The van der Waals surface area contributed by atoms with Crippen LogP contribution in [-0.2, 0) is 9.53 Å². The van der Waals surface area contributed by atoms with Crippen LogP contribution >= 0.6 is 0 Å². The predicted octanol–water partition coefficient (Wildman–Crippen LogP) is 4.45. The second kappa shape index (κ2) is 15.8. The number of ether oxygens (including phenoxy) is 1. The molecule has 1 fully saturated rings. The number of aliphatic hydroxyl groups is 1. The second-order valence-electron chi connectivity index (χ2n) is 6.89. The van der Waals surface area contributed by atoms with Gasteiger partial charge in [0.15, 0.2) is 0 Å². The Morgan fingerprint density at radius 2 is 1.65 bits per heavy atom. The summed E-state index contributed by atoms with van der Waals surface area (Å²) in [6, 6.07) is 0. The molecular weight excluding hydrogens is 326 g/mol. The maximum atomic E-state index is 11.2. The summed E-state index contributed by atoms with van der Waals surface area (Å²) in [4.78, 5) is 11.2. The normalized spacial score (nSPS) is 19.8. The highest BCUT2D eigenvalue weighted by molar-refractivity contribution is 5.87. The summed E-state index contributed by atoms with van der Waals surface area (Å²) in [5.74, 6) is -0.187. The fourth-order valence-corrected chi connectivity index (χ4v) is 2.93. The third-order valence-corrected chi connectivity index (χ3v) is 4.52. The van der Waals surface area contributed by atoms with Crippen molar-refractivity contribution in [3.63, 3.8) is 0 Å². The molecule has 1 aliphatic rings. The molecule has 1 amide bonds. The number of hydrogen-bond donors (Lipinski definition) is 2. The number of epoxide rings is 1. The zero-order valence-corrected chi connectivity index (χ0v) is 16.4. The van der Waals surface area contributed by atoms with Crippen molar-refractivity contribution in [1.29, 1.82) is 0 Å². The van der Waals surface area contributed by atoms with E-state index in [1.165, 1.54) is 63.9 Å². The molecule has 0 radical (unpaired) electrons. The van der Waals surface area contributed by atoms with Crippen molar-refractivity contribution in [1.82, 2.24) is 5.32 Å². The van der Waals surface area contributed by atoms with Gasteiger partial charge in [-0.3, -0.25) is 4.79 Å². The molecule has 0 aromatic carbocycles. The molecule has 4 heteroatoms. The van der Waals surface area contributed by atoms with Crippen LogP contribution < -0.4 is 5.32 Å². The molecule has 1 aliphatic heterocycles. The first-order valence-electron chi connectivity index (χ1n) is 10.3. The highest BCUT2D eigenvalue weighted by Gasteiger charge is 2.36. The highest BCUT2D eigenvalue weighted by Crippen LogP contribution is 2.31. The van der Waals surface area contributed by atoms with Gasteiger partial charge in [-0.15, -0.1) is 0 Å². The molecular formula is C22H37NO3. The van der Waals surface area contributed by atoms with E-state index in [0.29, 0.717) is 12.2 Å². The number of carbonyl (C=O) groups excluding carboxylic acids is 1. The highest BCUT2D eigenvalue weighted by atomic mass is 16.6. The number of hydrogen-bond acceptors (Lipinski definition) is 3. The Morgan fingerprint density at radius 1 is 0.962 bits per heavy atom. The molecule has 0 saturated carbocycles. The van der Waals surface area contributed by atoms with Crippen LogP contribution in [0.1, 0.15) is 71.1 Å². The van der Waals surface area contributed by atoms with Crippen LogP contribution in [0.2, 0.25) is 0 Å². The number of rotatable bonds is 16. The Bertz CT molecular complexity index is 443. The first kappa shape index (κ1) is 22.7. The third-order valence-electron chi connectivity index (χ3n) is 4.52. The zero-order valence-electron chi connectivity index (χ0n) is 16.4. The molecule has 0 aromatic rings. The van der Waals surface area contributed by atoms with Crippen molar-refractivity contribution in [3.05, 3.63) is 36.5 Å². The molecule has 148 valence electrons. The van der Waals surface area contributed by atoms with Crippen LogP contribution in [0.3, 0.4) is 0 Å². The summed E-state index contributed by atoms with van der Waals surface area (Å²) >= 11 is 0. The van der Waals surface area contributed by atoms with Gasteiger partial charge in [0, 0.05) is 12.6 Å². The second-order valence-corrected chi connectivity index (χ2v) is 6.89. The van der Waals surface area contributed by atoms with Crippen molar-refractivity contribution in [2.45, 2.75) is 83.3 Å². The summed E-state index contributed by atoms with van der Waals surface area (Å²) in [6.07, 6.45) is 24.9. The number of carbonyl (C=O) groups is 1. The maximum absolute atomic E-state index is 11.2. The van der Waals surface area contributed by atoms with Gasteiger partial charge >= 0.3 is 0 Å². The van der Waals surface area contributed by atoms with Crippen molar-refractivity contribution in [2.24, 2.45) is 0 Å². The largest absolute Gasteiger partial charge is 0.395 e. The monoisotopic (exact) mass is 363 g/mol. The van der Waals surface area contributed by atoms with Gasteiger partial charge in [-0.25, -0.2) is 0 Å². The summed E-state index contributed by atoms with van der Waals surface area (Å²) in [6.45, 7) is 2.51. The van der Waals surface area contributed by atoms with Crippen LogP contribution in [0.25, 0.3) is 0 Å². The fraction of sp³-hybridized carbons (Fsp3) is 0.682. The van der Waals surface area contributed by atoms with Gasteiger partial charge in [0.1, 0.15) is 0 Å². The molecule has 0 aliphatic carbocycles. The number of amides is 1. The summed E-state index contributed by atoms with van der Waals surface area (Å²) < 4.78 is 5.75. The molecule has 1 rings (SSSR count). The fourth-order valence-electron chi connectivity index (χ4n) is 2.93. The molecule has 2 N–H and O–H groups in total. The zero-order chi connectivity index (χ0) is 18.9. The lowest BCUT2D eigenvalue weighted by molar-refractivity contribution is -0.116. The minimum absolute atomic E-state index is 0.0378. The Hall–Kier alpha value is -1.39. The molecule has 2 atom stereocenters. The average Bonchev–Trinajstić information content (AvgIpc) is 3.39. The lowest BCUT2D eigenvalue weighted by atomic mass is 10.1. The number of nitrogens with one attached hydrogen (secondary N) is 1. The van der Waals surface area contributed by atoms with Crippen molar-refractivity contribution < 1.29 is 14.6 Å². The minimum atomic E-state index is -0.187. The van der Waals surface area contributed by atoms with Gasteiger partial charge in [-0.1, -0.05) is 75.8 Å². The Kier molecular flexibility index (Phi) is 13.8.